The van der Waals surface area contributed by atoms with Crippen LogP contribution in [0.5, 0.6) is 5.88 Å². The first-order chi connectivity index (χ1) is 9.56. The van der Waals surface area contributed by atoms with Gasteiger partial charge in [-0.3, -0.25) is 0 Å². The molecule has 0 aliphatic heterocycles. The number of pyridine rings is 1. The molecule has 1 rings (SSSR count). The minimum Gasteiger partial charge on any atom is -0.473 e. The first kappa shape index (κ1) is 16.6. The molecule has 3 N–H and O–H groups in total. The summed E-state index contributed by atoms with van der Waals surface area (Å²) in [5.74, 6) is 1.32. The van der Waals surface area contributed by atoms with E-state index in [4.69, 9.17) is 10.5 Å². The van der Waals surface area contributed by atoms with E-state index in [9.17, 15) is 0 Å². The van der Waals surface area contributed by atoms with Crippen LogP contribution in [0.4, 0.5) is 11.5 Å². The lowest BCUT2D eigenvalue weighted by atomic mass is 10.3. The molecule has 0 fully saturated rings. The van der Waals surface area contributed by atoms with Gasteiger partial charge in [0.1, 0.15) is 5.82 Å². The van der Waals surface area contributed by atoms with Crippen LogP contribution in [-0.4, -0.2) is 42.2 Å². The summed E-state index contributed by atoms with van der Waals surface area (Å²) in [6.45, 7) is 12.5. The van der Waals surface area contributed by atoms with E-state index in [0.29, 0.717) is 11.6 Å². The number of nitrogen functional groups attached to an aromatic ring is 1. The monoisotopic (exact) mass is 280 g/mol. The van der Waals surface area contributed by atoms with Crippen molar-refractivity contribution in [3.8, 4) is 5.88 Å². The number of hydrogen-bond donors (Lipinski definition) is 2. The molecule has 0 atom stereocenters. The standard InChI is InChI=1S/C15H28N4O/c1-5-19(6-2)11-7-10-17-14-9-8-13(16)15(18-14)20-12(3)4/h8-9,12H,5-7,10-11,16H2,1-4H3,(H,17,18). The van der Waals surface area contributed by atoms with Crippen LogP contribution >= 0.6 is 0 Å². The van der Waals surface area contributed by atoms with Gasteiger partial charge in [-0.2, -0.15) is 4.98 Å². The van der Waals surface area contributed by atoms with Crippen molar-refractivity contribution in [3.05, 3.63) is 12.1 Å². The molecule has 0 radical (unpaired) electrons. The zero-order valence-corrected chi connectivity index (χ0v) is 13.1. The Kier molecular flexibility index (Phi) is 7.15. The number of rotatable bonds is 9. The number of nitrogens with two attached hydrogens (primary N) is 1. The van der Waals surface area contributed by atoms with Crippen molar-refractivity contribution >= 4 is 11.5 Å². The van der Waals surface area contributed by atoms with Crippen molar-refractivity contribution in [1.82, 2.24) is 9.88 Å². The molecule has 1 aromatic heterocycles. The van der Waals surface area contributed by atoms with Gasteiger partial charge in [-0.05, 0) is 52.0 Å². The van der Waals surface area contributed by atoms with Crippen LogP contribution in [0.3, 0.4) is 0 Å². The summed E-state index contributed by atoms with van der Waals surface area (Å²) in [4.78, 5) is 6.81. The molecular formula is C15H28N4O. The molecule has 0 aliphatic carbocycles. The highest BCUT2D eigenvalue weighted by molar-refractivity contribution is 5.53. The number of nitrogens with zero attached hydrogens (tertiary/aromatic N) is 2. The Balaban J connectivity index is 2.44. The molecule has 114 valence electrons. The van der Waals surface area contributed by atoms with Gasteiger partial charge in [0.2, 0.25) is 5.88 Å². The van der Waals surface area contributed by atoms with Crippen LogP contribution in [0.1, 0.15) is 34.1 Å². The van der Waals surface area contributed by atoms with Gasteiger partial charge in [-0.25, -0.2) is 0 Å². The Morgan fingerprint density at radius 3 is 2.60 bits per heavy atom. The molecule has 0 saturated heterocycles. The van der Waals surface area contributed by atoms with Gasteiger partial charge in [0.25, 0.3) is 0 Å². The van der Waals surface area contributed by atoms with E-state index >= 15 is 0 Å². The minimum absolute atomic E-state index is 0.0720. The van der Waals surface area contributed by atoms with E-state index in [0.717, 1.165) is 38.4 Å². The third-order valence-electron chi connectivity index (χ3n) is 3.09. The van der Waals surface area contributed by atoms with Crippen LogP contribution in [0.15, 0.2) is 12.1 Å². The number of nitrogens with one attached hydrogen (secondary N) is 1. The second kappa shape index (κ2) is 8.64. The van der Waals surface area contributed by atoms with E-state index in [-0.39, 0.29) is 6.10 Å². The molecule has 1 aromatic rings. The zero-order chi connectivity index (χ0) is 15.0. The predicted octanol–water partition coefficient (Wildman–Crippen LogP) is 2.59. The van der Waals surface area contributed by atoms with Crippen molar-refractivity contribution in [1.29, 1.82) is 0 Å². The molecule has 1 heterocycles. The minimum atomic E-state index is 0.0720. The number of hydrogen-bond acceptors (Lipinski definition) is 5. The first-order valence-corrected chi connectivity index (χ1v) is 7.46. The average Bonchev–Trinajstić information content (AvgIpc) is 2.42. The molecule has 5 nitrogen and oxygen atoms in total. The molecule has 5 heteroatoms. The lowest BCUT2D eigenvalue weighted by Gasteiger charge is -2.18. The Morgan fingerprint density at radius 1 is 1.30 bits per heavy atom. The van der Waals surface area contributed by atoms with Gasteiger partial charge in [-0.1, -0.05) is 13.8 Å². The van der Waals surface area contributed by atoms with Crippen LogP contribution in [-0.2, 0) is 0 Å². The molecule has 20 heavy (non-hydrogen) atoms. The van der Waals surface area contributed by atoms with Crippen LogP contribution in [0, 0.1) is 0 Å². The van der Waals surface area contributed by atoms with Crippen molar-refractivity contribution in [2.24, 2.45) is 0 Å². The fourth-order valence-electron chi connectivity index (χ4n) is 1.93. The quantitative estimate of drug-likeness (QED) is 0.681. The maximum atomic E-state index is 5.85. The predicted molar refractivity (Wildman–Crippen MR) is 85.3 cm³/mol. The molecule has 0 bridgehead atoms. The Morgan fingerprint density at radius 2 is 2.00 bits per heavy atom. The smallest absolute Gasteiger partial charge is 0.239 e. The maximum absolute atomic E-state index is 5.85. The maximum Gasteiger partial charge on any atom is 0.239 e. The van der Waals surface area contributed by atoms with E-state index in [1.807, 2.05) is 26.0 Å². The largest absolute Gasteiger partial charge is 0.473 e. The van der Waals surface area contributed by atoms with Crippen LogP contribution < -0.4 is 15.8 Å². The summed E-state index contributed by atoms with van der Waals surface area (Å²) in [5.41, 5.74) is 6.42. The van der Waals surface area contributed by atoms with Gasteiger partial charge >= 0.3 is 0 Å². The third-order valence-corrected chi connectivity index (χ3v) is 3.09. The SMILES string of the molecule is CCN(CC)CCCNc1ccc(N)c(OC(C)C)n1. The summed E-state index contributed by atoms with van der Waals surface area (Å²) in [6.07, 6.45) is 1.16. The van der Waals surface area contributed by atoms with Crippen LogP contribution in [0.25, 0.3) is 0 Å². The van der Waals surface area contributed by atoms with Crippen molar-refractivity contribution < 1.29 is 4.74 Å². The van der Waals surface area contributed by atoms with E-state index in [1.165, 1.54) is 0 Å². The molecular weight excluding hydrogens is 252 g/mol. The summed E-state index contributed by atoms with van der Waals surface area (Å²) in [6, 6.07) is 3.72. The van der Waals surface area contributed by atoms with Gasteiger partial charge in [0.05, 0.1) is 11.8 Å². The topological polar surface area (TPSA) is 63.4 Å². The summed E-state index contributed by atoms with van der Waals surface area (Å²) < 4.78 is 5.58. The third kappa shape index (κ3) is 5.65. The molecule has 0 amide bonds. The number of anilines is 2. The van der Waals surface area contributed by atoms with Crippen molar-refractivity contribution in [2.75, 3.05) is 37.2 Å². The van der Waals surface area contributed by atoms with E-state index < -0.39 is 0 Å². The molecule has 0 unspecified atom stereocenters. The highest BCUT2D eigenvalue weighted by Gasteiger charge is 2.06. The van der Waals surface area contributed by atoms with Gasteiger partial charge < -0.3 is 20.7 Å². The number of ether oxygens (including phenoxy) is 1. The summed E-state index contributed by atoms with van der Waals surface area (Å²) >= 11 is 0. The lowest BCUT2D eigenvalue weighted by Crippen LogP contribution is -2.25. The summed E-state index contributed by atoms with van der Waals surface area (Å²) in [5, 5.41) is 3.32. The van der Waals surface area contributed by atoms with Gasteiger partial charge in [0, 0.05) is 6.54 Å². The highest BCUT2D eigenvalue weighted by atomic mass is 16.5. The molecule has 0 spiro atoms. The van der Waals surface area contributed by atoms with E-state index in [1.54, 1.807) is 0 Å². The second-order valence-corrected chi connectivity index (χ2v) is 5.06. The Labute approximate surface area is 122 Å². The lowest BCUT2D eigenvalue weighted by molar-refractivity contribution is 0.234. The Bertz CT molecular complexity index is 391. The second-order valence-electron chi connectivity index (χ2n) is 5.06. The normalized spacial score (nSPS) is 11.1. The molecule has 0 aliphatic rings. The first-order valence-electron chi connectivity index (χ1n) is 7.46. The van der Waals surface area contributed by atoms with E-state index in [2.05, 4.69) is 29.0 Å². The van der Waals surface area contributed by atoms with Crippen molar-refractivity contribution in [2.45, 2.75) is 40.2 Å². The van der Waals surface area contributed by atoms with Gasteiger partial charge in [-0.15, -0.1) is 0 Å². The Hall–Kier alpha value is -1.49. The summed E-state index contributed by atoms with van der Waals surface area (Å²) in [7, 11) is 0. The van der Waals surface area contributed by atoms with Gasteiger partial charge in [0.15, 0.2) is 0 Å². The highest BCUT2D eigenvalue weighted by Crippen LogP contribution is 2.21. The molecule has 0 aromatic carbocycles. The van der Waals surface area contributed by atoms with Crippen LogP contribution in [0.2, 0.25) is 0 Å². The average molecular weight is 280 g/mol. The fourth-order valence-corrected chi connectivity index (χ4v) is 1.93. The van der Waals surface area contributed by atoms with Crippen molar-refractivity contribution in [3.63, 3.8) is 0 Å². The fraction of sp³-hybridized carbons (Fsp3) is 0.667. The number of aromatic nitrogens is 1. The zero-order valence-electron chi connectivity index (χ0n) is 13.1. The molecule has 0 saturated carbocycles.